The van der Waals surface area contributed by atoms with Gasteiger partial charge in [-0.2, -0.15) is 0 Å². The fourth-order valence-corrected chi connectivity index (χ4v) is 2.44. The minimum atomic E-state index is -1.26. The van der Waals surface area contributed by atoms with Crippen LogP contribution in [0.2, 0.25) is 0 Å². The molecule has 0 spiro atoms. The van der Waals surface area contributed by atoms with Crippen LogP contribution in [0.4, 0.5) is 0 Å². The number of carbonyl (C=O) groups excluding carboxylic acids is 3. The molecular weight excluding hydrogens is 412 g/mol. The number of nitrogens with two attached hydrogens (primary N) is 1. The Labute approximate surface area is 177 Å². The van der Waals surface area contributed by atoms with E-state index in [0.717, 1.165) is 0 Å². The van der Waals surface area contributed by atoms with Gasteiger partial charge in [-0.3, -0.25) is 24.0 Å². The first-order valence-electron chi connectivity index (χ1n) is 9.35. The van der Waals surface area contributed by atoms with Crippen molar-refractivity contribution in [3.05, 3.63) is 29.8 Å². The van der Waals surface area contributed by atoms with Crippen molar-refractivity contribution < 1.29 is 39.3 Å². The molecule has 170 valence electrons. The molecule has 0 aliphatic rings. The molecule has 0 heterocycles. The van der Waals surface area contributed by atoms with E-state index in [0.29, 0.717) is 5.56 Å². The van der Waals surface area contributed by atoms with Crippen LogP contribution in [0.5, 0.6) is 5.75 Å². The number of rotatable bonds is 12. The van der Waals surface area contributed by atoms with Crippen molar-refractivity contribution in [1.82, 2.24) is 16.0 Å². The lowest BCUT2D eigenvalue weighted by molar-refractivity contribution is -0.141. The van der Waals surface area contributed by atoms with Crippen LogP contribution in [0.3, 0.4) is 0 Å². The third kappa shape index (κ3) is 9.58. The predicted molar refractivity (Wildman–Crippen MR) is 107 cm³/mol. The number of benzene rings is 1. The van der Waals surface area contributed by atoms with Gasteiger partial charge in [0.25, 0.3) is 0 Å². The molecule has 3 amide bonds. The van der Waals surface area contributed by atoms with Crippen LogP contribution in [0.25, 0.3) is 0 Å². The second-order valence-electron chi connectivity index (χ2n) is 6.82. The van der Waals surface area contributed by atoms with Crippen LogP contribution >= 0.6 is 0 Å². The van der Waals surface area contributed by atoms with Crippen LogP contribution < -0.4 is 21.7 Å². The first-order valence-corrected chi connectivity index (χ1v) is 9.35. The summed E-state index contributed by atoms with van der Waals surface area (Å²) in [6.07, 6.45) is -0.561. The molecular formula is C19H26N4O8. The largest absolute Gasteiger partial charge is 0.508 e. The Morgan fingerprint density at radius 2 is 1.61 bits per heavy atom. The molecule has 3 atom stereocenters. The van der Waals surface area contributed by atoms with Gasteiger partial charge < -0.3 is 37.0 Å². The Morgan fingerprint density at radius 3 is 2.16 bits per heavy atom. The molecule has 0 fully saturated rings. The standard InChI is InChI=1S/C19H26N4O8/c1-10(19(30)31)22-15(25)9-21-18(29)14(6-7-16(26)27)23-17(28)13(20)8-11-2-4-12(24)5-3-11/h2-5,10,13-14,24H,6-9,20H2,1H3,(H,21,29)(H,22,25)(H,23,28)(H,26,27)(H,30,31). The van der Waals surface area contributed by atoms with Gasteiger partial charge in [0.1, 0.15) is 17.8 Å². The van der Waals surface area contributed by atoms with Crippen molar-refractivity contribution in [3.8, 4) is 5.75 Å². The summed E-state index contributed by atoms with van der Waals surface area (Å²) in [6, 6.07) is 2.54. The predicted octanol–water partition coefficient (Wildman–Crippen LogP) is -1.68. The third-order valence-corrected chi connectivity index (χ3v) is 4.18. The smallest absolute Gasteiger partial charge is 0.325 e. The van der Waals surface area contributed by atoms with Crippen molar-refractivity contribution in [3.63, 3.8) is 0 Å². The maximum atomic E-state index is 12.4. The maximum Gasteiger partial charge on any atom is 0.325 e. The molecule has 0 saturated carbocycles. The Kier molecular flexibility index (Phi) is 9.92. The molecule has 3 unspecified atom stereocenters. The highest BCUT2D eigenvalue weighted by Crippen LogP contribution is 2.11. The van der Waals surface area contributed by atoms with Gasteiger partial charge in [-0.15, -0.1) is 0 Å². The number of hydrogen-bond donors (Lipinski definition) is 7. The van der Waals surface area contributed by atoms with E-state index in [1.807, 2.05) is 0 Å². The highest BCUT2D eigenvalue weighted by atomic mass is 16.4. The average Bonchev–Trinajstić information content (AvgIpc) is 2.70. The summed E-state index contributed by atoms with van der Waals surface area (Å²) in [6.45, 7) is 0.683. The number of aromatic hydroxyl groups is 1. The van der Waals surface area contributed by atoms with Crippen molar-refractivity contribution in [2.45, 2.75) is 44.3 Å². The Hall–Kier alpha value is -3.67. The number of carboxylic acid groups (broad SMARTS) is 2. The van der Waals surface area contributed by atoms with Gasteiger partial charge in [0.15, 0.2) is 0 Å². The molecule has 1 rings (SSSR count). The third-order valence-electron chi connectivity index (χ3n) is 4.18. The van der Waals surface area contributed by atoms with Gasteiger partial charge in [0, 0.05) is 6.42 Å². The fourth-order valence-electron chi connectivity index (χ4n) is 2.44. The van der Waals surface area contributed by atoms with E-state index in [4.69, 9.17) is 15.9 Å². The van der Waals surface area contributed by atoms with E-state index in [1.54, 1.807) is 12.1 Å². The van der Waals surface area contributed by atoms with Crippen LogP contribution in [0, 0.1) is 0 Å². The number of carbonyl (C=O) groups is 5. The number of nitrogens with one attached hydrogen (secondary N) is 3. The number of hydrogen-bond acceptors (Lipinski definition) is 7. The van der Waals surface area contributed by atoms with Gasteiger partial charge >= 0.3 is 11.9 Å². The fraction of sp³-hybridized carbons (Fsp3) is 0.421. The van der Waals surface area contributed by atoms with Gasteiger partial charge in [-0.05, 0) is 37.5 Å². The zero-order chi connectivity index (χ0) is 23.6. The summed E-state index contributed by atoms with van der Waals surface area (Å²) in [4.78, 5) is 58.0. The number of phenolic OH excluding ortho intramolecular Hbond substituents is 1. The zero-order valence-corrected chi connectivity index (χ0v) is 16.8. The van der Waals surface area contributed by atoms with Crippen LogP contribution in [0.15, 0.2) is 24.3 Å². The summed E-state index contributed by atoms with van der Waals surface area (Å²) >= 11 is 0. The highest BCUT2D eigenvalue weighted by Gasteiger charge is 2.25. The summed E-state index contributed by atoms with van der Waals surface area (Å²) in [5.74, 6) is -4.68. The second-order valence-corrected chi connectivity index (χ2v) is 6.82. The molecule has 0 radical (unpaired) electrons. The molecule has 0 bridgehead atoms. The number of aliphatic carboxylic acids is 2. The molecule has 31 heavy (non-hydrogen) atoms. The van der Waals surface area contributed by atoms with Gasteiger partial charge in [0.05, 0.1) is 12.6 Å². The van der Waals surface area contributed by atoms with E-state index < -0.39 is 60.8 Å². The van der Waals surface area contributed by atoms with Gasteiger partial charge in [0.2, 0.25) is 17.7 Å². The van der Waals surface area contributed by atoms with E-state index >= 15 is 0 Å². The molecule has 8 N–H and O–H groups in total. The number of phenols is 1. The minimum Gasteiger partial charge on any atom is -0.508 e. The molecule has 0 aromatic heterocycles. The first kappa shape index (κ1) is 25.4. The van der Waals surface area contributed by atoms with Crippen molar-refractivity contribution >= 4 is 29.7 Å². The van der Waals surface area contributed by atoms with Crippen LogP contribution in [-0.4, -0.2) is 69.7 Å². The molecule has 0 saturated heterocycles. The lowest BCUT2D eigenvalue weighted by Gasteiger charge is -2.20. The Balaban J connectivity index is 2.69. The van der Waals surface area contributed by atoms with Crippen LogP contribution in [0.1, 0.15) is 25.3 Å². The molecule has 1 aromatic rings. The minimum absolute atomic E-state index is 0.0500. The summed E-state index contributed by atoms with van der Waals surface area (Å²) in [5, 5.41) is 33.7. The molecule has 12 nitrogen and oxygen atoms in total. The van der Waals surface area contributed by atoms with Crippen molar-refractivity contribution in [2.75, 3.05) is 6.54 Å². The quantitative estimate of drug-likeness (QED) is 0.198. The Bertz CT molecular complexity index is 812. The molecule has 0 aliphatic carbocycles. The topological polar surface area (TPSA) is 208 Å². The lowest BCUT2D eigenvalue weighted by atomic mass is 10.0. The van der Waals surface area contributed by atoms with E-state index in [9.17, 15) is 29.1 Å². The Morgan fingerprint density at radius 1 is 1.00 bits per heavy atom. The zero-order valence-electron chi connectivity index (χ0n) is 16.8. The van der Waals surface area contributed by atoms with Crippen molar-refractivity contribution in [1.29, 1.82) is 0 Å². The number of amides is 3. The second kappa shape index (κ2) is 12.1. The lowest BCUT2D eigenvalue weighted by Crippen LogP contribution is -2.53. The van der Waals surface area contributed by atoms with E-state index in [1.165, 1.54) is 19.1 Å². The number of carboxylic acids is 2. The molecule has 12 heteroatoms. The highest BCUT2D eigenvalue weighted by molar-refractivity contribution is 5.92. The van der Waals surface area contributed by atoms with Gasteiger partial charge in [-0.25, -0.2) is 0 Å². The normalized spacial score (nSPS) is 13.4. The van der Waals surface area contributed by atoms with Crippen molar-refractivity contribution in [2.24, 2.45) is 5.73 Å². The summed E-state index contributed by atoms with van der Waals surface area (Å²) in [7, 11) is 0. The summed E-state index contributed by atoms with van der Waals surface area (Å²) < 4.78 is 0. The SMILES string of the molecule is CC(NC(=O)CNC(=O)C(CCC(=O)O)NC(=O)C(N)Cc1ccc(O)cc1)C(=O)O. The van der Waals surface area contributed by atoms with E-state index in [-0.39, 0.29) is 18.6 Å². The van der Waals surface area contributed by atoms with E-state index in [2.05, 4.69) is 16.0 Å². The summed E-state index contributed by atoms with van der Waals surface area (Å²) in [5.41, 5.74) is 6.52. The first-order chi connectivity index (χ1) is 14.5. The molecule has 1 aromatic carbocycles. The monoisotopic (exact) mass is 438 g/mol. The molecule has 0 aliphatic heterocycles. The maximum absolute atomic E-state index is 12.4. The van der Waals surface area contributed by atoms with Gasteiger partial charge in [-0.1, -0.05) is 12.1 Å². The average molecular weight is 438 g/mol. The van der Waals surface area contributed by atoms with Crippen LogP contribution in [-0.2, 0) is 30.4 Å².